The van der Waals surface area contributed by atoms with Gasteiger partial charge in [0.05, 0.1) is 18.0 Å². The third-order valence-electron chi connectivity index (χ3n) is 5.31. The molecule has 1 amide bonds. The number of likely N-dealkylation sites (tertiary alicyclic amines) is 1. The van der Waals surface area contributed by atoms with E-state index in [2.05, 4.69) is 5.32 Å². The minimum atomic E-state index is -0.454. The Kier molecular flexibility index (Phi) is 5.86. The number of nitro benzene ring substituents is 1. The molecule has 1 atom stereocenters. The molecule has 27 heavy (non-hydrogen) atoms. The molecule has 6 heteroatoms. The van der Waals surface area contributed by atoms with E-state index in [-0.39, 0.29) is 11.6 Å². The summed E-state index contributed by atoms with van der Waals surface area (Å²) in [5, 5.41) is 14.3. The van der Waals surface area contributed by atoms with Crippen LogP contribution in [0.3, 0.4) is 0 Å². The van der Waals surface area contributed by atoms with Gasteiger partial charge in [-0.3, -0.25) is 14.9 Å². The van der Waals surface area contributed by atoms with Crippen LogP contribution in [0.4, 0.5) is 11.4 Å². The number of para-hydroxylation sites is 1. The zero-order valence-electron chi connectivity index (χ0n) is 15.8. The van der Waals surface area contributed by atoms with E-state index >= 15 is 0 Å². The van der Waals surface area contributed by atoms with Gasteiger partial charge in [0.2, 0.25) is 0 Å². The van der Waals surface area contributed by atoms with Crippen molar-refractivity contribution in [2.75, 3.05) is 18.4 Å². The summed E-state index contributed by atoms with van der Waals surface area (Å²) in [4.78, 5) is 25.3. The van der Waals surface area contributed by atoms with E-state index < -0.39 is 11.0 Å². The number of carbonyl (C=O) groups is 1. The average molecular weight is 368 g/mol. The molecule has 0 aromatic heterocycles. The fourth-order valence-electron chi connectivity index (χ4n) is 3.89. The molecule has 3 rings (SSSR count). The molecule has 0 radical (unpaired) electrons. The van der Waals surface area contributed by atoms with Crippen LogP contribution in [0.2, 0.25) is 0 Å². The van der Waals surface area contributed by atoms with E-state index in [1.165, 1.54) is 23.5 Å². The highest BCUT2D eigenvalue weighted by molar-refractivity contribution is 5.96. The van der Waals surface area contributed by atoms with Crippen LogP contribution >= 0.6 is 0 Å². The topological polar surface area (TPSA) is 76.7 Å². The van der Waals surface area contributed by atoms with Gasteiger partial charge in [0.25, 0.3) is 11.6 Å². The predicted molar refractivity (Wildman–Crippen MR) is 105 cm³/mol. The van der Waals surface area contributed by atoms with Crippen molar-refractivity contribution in [3.8, 4) is 0 Å². The second kappa shape index (κ2) is 8.31. The Hall–Kier alpha value is -2.73. The fraction of sp³-hybridized carbons (Fsp3) is 0.381. The number of piperidine rings is 1. The third kappa shape index (κ3) is 4.34. The second-order valence-electron chi connectivity index (χ2n) is 7.26. The number of anilines is 1. The van der Waals surface area contributed by atoms with Gasteiger partial charge in [0.1, 0.15) is 0 Å². The van der Waals surface area contributed by atoms with Crippen molar-refractivity contribution in [3.63, 3.8) is 0 Å². The van der Waals surface area contributed by atoms with Gasteiger partial charge >= 0.3 is 0 Å². The molecule has 1 heterocycles. The van der Waals surface area contributed by atoms with Crippen molar-refractivity contribution in [3.05, 3.63) is 69.3 Å². The number of nitrogens with zero attached hydrogens (tertiary/aromatic N) is 1. The smallest absolute Gasteiger partial charge is 0.287 e. The van der Waals surface area contributed by atoms with Crippen LogP contribution in [0.5, 0.6) is 0 Å². The summed E-state index contributed by atoms with van der Waals surface area (Å²) >= 11 is 0. The zero-order valence-corrected chi connectivity index (χ0v) is 15.8. The Morgan fingerprint density at radius 1 is 1.07 bits per heavy atom. The number of nitro groups is 1. The highest BCUT2D eigenvalue weighted by Crippen LogP contribution is 2.23. The summed E-state index contributed by atoms with van der Waals surface area (Å²) in [6, 6.07) is 11.9. The lowest BCUT2D eigenvalue weighted by molar-refractivity contribution is -0.926. The van der Waals surface area contributed by atoms with E-state index in [1.807, 2.05) is 38.1 Å². The number of non-ortho nitro benzene ring substituents is 1. The van der Waals surface area contributed by atoms with Gasteiger partial charge in [-0.25, -0.2) is 0 Å². The first-order valence-corrected chi connectivity index (χ1v) is 9.43. The molecule has 1 aliphatic heterocycles. The molecule has 0 aliphatic carbocycles. The minimum Gasteiger partial charge on any atom is -0.321 e. The zero-order chi connectivity index (χ0) is 19.4. The molecule has 0 saturated carbocycles. The molecule has 0 spiro atoms. The minimum absolute atomic E-state index is 0.0220. The summed E-state index contributed by atoms with van der Waals surface area (Å²) in [5.41, 5.74) is 3.57. The maximum absolute atomic E-state index is 13.3. The van der Waals surface area contributed by atoms with Gasteiger partial charge in [-0.2, -0.15) is 0 Å². The first-order chi connectivity index (χ1) is 13.0. The van der Waals surface area contributed by atoms with Gasteiger partial charge < -0.3 is 10.2 Å². The quantitative estimate of drug-likeness (QED) is 0.629. The third-order valence-corrected chi connectivity index (χ3v) is 5.31. The SMILES string of the molecule is Cc1cccc(C)c1NC(=O)[C@@H](c1cccc([N+](=O)[O-])c1)[NH+]1CCCCC1. The number of aryl methyl sites for hydroxylation is 2. The Morgan fingerprint density at radius 3 is 2.33 bits per heavy atom. The predicted octanol–water partition coefficient (Wildman–Crippen LogP) is 2.96. The first-order valence-electron chi connectivity index (χ1n) is 9.43. The molecular weight excluding hydrogens is 342 g/mol. The molecule has 142 valence electrons. The number of carbonyl (C=O) groups excluding carboxylic acids is 1. The van der Waals surface area contributed by atoms with E-state index in [1.54, 1.807) is 6.07 Å². The Labute approximate surface area is 159 Å². The highest BCUT2D eigenvalue weighted by atomic mass is 16.6. The van der Waals surface area contributed by atoms with Crippen LogP contribution < -0.4 is 10.2 Å². The van der Waals surface area contributed by atoms with Crippen molar-refractivity contribution in [2.24, 2.45) is 0 Å². The molecule has 2 aromatic carbocycles. The average Bonchev–Trinajstić information content (AvgIpc) is 2.66. The van der Waals surface area contributed by atoms with Crippen molar-refractivity contribution in [1.29, 1.82) is 0 Å². The fourth-order valence-corrected chi connectivity index (χ4v) is 3.89. The number of rotatable bonds is 5. The van der Waals surface area contributed by atoms with E-state index in [4.69, 9.17) is 0 Å². The summed E-state index contributed by atoms with van der Waals surface area (Å²) in [6.07, 6.45) is 3.30. The summed E-state index contributed by atoms with van der Waals surface area (Å²) < 4.78 is 0. The van der Waals surface area contributed by atoms with Crippen LogP contribution in [0.15, 0.2) is 42.5 Å². The van der Waals surface area contributed by atoms with Crippen molar-refractivity contribution in [2.45, 2.75) is 39.2 Å². The standard InChI is InChI=1S/C21H25N3O3/c1-15-8-6-9-16(2)19(15)22-21(25)20(23-12-4-3-5-13-23)17-10-7-11-18(14-17)24(26)27/h6-11,14,20H,3-5,12-13H2,1-2H3,(H,22,25)/p+1/t20-/m1/s1. The number of quaternary nitrogens is 1. The maximum atomic E-state index is 13.3. The molecule has 1 aliphatic rings. The molecule has 0 bridgehead atoms. The van der Waals surface area contributed by atoms with Crippen LogP contribution in [-0.4, -0.2) is 23.9 Å². The Balaban J connectivity index is 1.95. The summed E-state index contributed by atoms with van der Waals surface area (Å²) in [6.45, 7) is 5.73. The Morgan fingerprint density at radius 2 is 1.70 bits per heavy atom. The largest absolute Gasteiger partial charge is 0.321 e. The summed E-state index contributed by atoms with van der Waals surface area (Å²) in [5.74, 6) is -0.107. The van der Waals surface area contributed by atoms with E-state index in [9.17, 15) is 14.9 Å². The lowest BCUT2D eigenvalue weighted by Gasteiger charge is -2.31. The molecule has 2 N–H and O–H groups in total. The van der Waals surface area contributed by atoms with E-state index in [0.717, 1.165) is 42.7 Å². The van der Waals surface area contributed by atoms with Crippen molar-refractivity contribution in [1.82, 2.24) is 0 Å². The van der Waals surface area contributed by atoms with Crippen LogP contribution in [0.25, 0.3) is 0 Å². The monoisotopic (exact) mass is 368 g/mol. The van der Waals surface area contributed by atoms with Crippen molar-refractivity contribution >= 4 is 17.3 Å². The van der Waals surface area contributed by atoms with Crippen LogP contribution in [-0.2, 0) is 4.79 Å². The van der Waals surface area contributed by atoms with Gasteiger partial charge in [-0.1, -0.05) is 30.3 Å². The number of benzene rings is 2. The molecule has 6 nitrogen and oxygen atoms in total. The van der Waals surface area contributed by atoms with Crippen molar-refractivity contribution < 1.29 is 14.6 Å². The lowest BCUT2D eigenvalue weighted by Crippen LogP contribution is -3.14. The highest BCUT2D eigenvalue weighted by Gasteiger charge is 2.34. The van der Waals surface area contributed by atoms with Gasteiger partial charge in [0.15, 0.2) is 6.04 Å². The van der Waals surface area contributed by atoms with Gasteiger partial charge in [-0.05, 0) is 44.2 Å². The number of nitrogens with one attached hydrogen (secondary N) is 2. The molecule has 1 saturated heterocycles. The van der Waals surface area contributed by atoms with Gasteiger partial charge in [-0.15, -0.1) is 0 Å². The number of hydrogen-bond donors (Lipinski definition) is 2. The summed E-state index contributed by atoms with van der Waals surface area (Å²) in [7, 11) is 0. The van der Waals surface area contributed by atoms with Gasteiger partial charge in [0, 0.05) is 23.4 Å². The molecule has 1 fully saturated rings. The molecular formula is C21H26N3O3+. The number of amides is 1. The first kappa shape index (κ1) is 19.0. The normalized spacial score (nSPS) is 15.9. The maximum Gasteiger partial charge on any atom is 0.287 e. The Bertz CT molecular complexity index is 824. The second-order valence-corrected chi connectivity index (χ2v) is 7.26. The van der Waals surface area contributed by atoms with E-state index in [0.29, 0.717) is 5.56 Å². The molecule has 0 unspecified atom stereocenters. The molecule has 2 aromatic rings. The lowest BCUT2D eigenvalue weighted by atomic mass is 9.99. The van der Waals surface area contributed by atoms with Crippen LogP contribution in [0, 0.1) is 24.0 Å². The van der Waals surface area contributed by atoms with Crippen LogP contribution in [0.1, 0.15) is 42.0 Å². The number of hydrogen-bond acceptors (Lipinski definition) is 3.